The Morgan fingerprint density at radius 1 is 1.50 bits per heavy atom. The molecule has 1 aromatic heterocycles. The standard InChI is InChI=1S/C13H22N2O2S/c1-8(2)12-14-6-10(18-12)11(16)15-7-13(5,17)9(3)4/h6,8-9,17H,7H2,1-5H3,(H,15,16). The van der Waals surface area contributed by atoms with E-state index in [-0.39, 0.29) is 18.4 Å². The van der Waals surface area contributed by atoms with Gasteiger partial charge < -0.3 is 10.4 Å². The van der Waals surface area contributed by atoms with Crippen molar-refractivity contribution in [1.29, 1.82) is 0 Å². The summed E-state index contributed by atoms with van der Waals surface area (Å²) in [4.78, 5) is 16.7. The molecule has 18 heavy (non-hydrogen) atoms. The highest BCUT2D eigenvalue weighted by atomic mass is 32.1. The number of thiazole rings is 1. The van der Waals surface area contributed by atoms with Crippen LogP contribution in [0, 0.1) is 5.92 Å². The summed E-state index contributed by atoms with van der Waals surface area (Å²) in [5.41, 5.74) is -0.888. The number of aromatic nitrogens is 1. The van der Waals surface area contributed by atoms with Gasteiger partial charge in [0.1, 0.15) is 4.88 Å². The molecule has 1 aromatic rings. The summed E-state index contributed by atoms with van der Waals surface area (Å²) in [5, 5.41) is 13.8. The van der Waals surface area contributed by atoms with E-state index < -0.39 is 5.60 Å². The minimum Gasteiger partial charge on any atom is -0.388 e. The summed E-state index contributed by atoms with van der Waals surface area (Å²) in [6, 6.07) is 0. The monoisotopic (exact) mass is 270 g/mol. The normalized spacial score (nSPS) is 14.9. The average molecular weight is 270 g/mol. The van der Waals surface area contributed by atoms with Crippen molar-refractivity contribution in [3.63, 3.8) is 0 Å². The molecule has 0 aromatic carbocycles. The van der Waals surface area contributed by atoms with Crippen LogP contribution in [0.3, 0.4) is 0 Å². The van der Waals surface area contributed by atoms with Crippen LogP contribution in [-0.4, -0.2) is 28.1 Å². The summed E-state index contributed by atoms with van der Waals surface area (Å²) >= 11 is 1.40. The van der Waals surface area contributed by atoms with Gasteiger partial charge in [0.25, 0.3) is 5.91 Å². The van der Waals surface area contributed by atoms with E-state index >= 15 is 0 Å². The third-order valence-electron chi connectivity index (χ3n) is 3.09. The highest BCUT2D eigenvalue weighted by molar-refractivity contribution is 7.13. The summed E-state index contributed by atoms with van der Waals surface area (Å²) < 4.78 is 0. The van der Waals surface area contributed by atoms with Gasteiger partial charge in [0.05, 0.1) is 16.8 Å². The Labute approximate surface area is 112 Å². The molecule has 2 N–H and O–H groups in total. The number of rotatable bonds is 5. The van der Waals surface area contributed by atoms with Crippen molar-refractivity contribution >= 4 is 17.2 Å². The number of carbonyl (C=O) groups excluding carboxylic acids is 1. The molecule has 0 fully saturated rings. The lowest BCUT2D eigenvalue weighted by atomic mass is 9.92. The van der Waals surface area contributed by atoms with Crippen LogP contribution in [0.2, 0.25) is 0 Å². The van der Waals surface area contributed by atoms with Crippen molar-refractivity contribution in [2.24, 2.45) is 5.92 Å². The van der Waals surface area contributed by atoms with E-state index in [1.54, 1.807) is 13.1 Å². The van der Waals surface area contributed by atoms with Gasteiger partial charge in [-0.1, -0.05) is 27.7 Å². The minimum atomic E-state index is -0.888. The van der Waals surface area contributed by atoms with Gasteiger partial charge in [0, 0.05) is 12.5 Å². The zero-order chi connectivity index (χ0) is 13.9. The molecule has 1 amide bonds. The van der Waals surface area contributed by atoms with Crippen molar-refractivity contribution in [2.75, 3.05) is 6.54 Å². The van der Waals surface area contributed by atoms with Gasteiger partial charge in [0.15, 0.2) is 0 Å². The smallest absolute Gasteiger partial charge is 0.263 e. The number of aliphatic hydroxyl groups is 1. The second kappa shape index (κ2) is 5.80. The van der Waals surface area contributed by atoms with Gasteiger partial charge in [-0.15, -0.1) is 11.3 Å². The maximum Gasteiger partial charge on any atom is 0.263 e. The van der Waals surface area contributed by atoms with E-state index in [0.717, 1.165) is 5.01 Å². The first-order valence-corrected chi connectivity index (χ1v) is 7.02. The Hall–Kier alpha value is -0.940. The van der Waals surface area contributed by atoms with Crippen LogP contribution >= 0.6 is 11.3 Å². The van der Waals surface area contributed by atoms with E-state index in [9.17, 15) is 9.90 Å². The molecule has 1 heterocycles. The maximum atomic E-state index is 11.9. The van der Waals surface area contributed by atoms with E-state index in [1.807, 2.05) is 27.7 Å². The Morgan fingerprint density at radius 2 is 2.11 bits per heavy atom. The molecule has 102 valence electrons. The first-order chi connectivity index (χ1) is 8.24. The van der Waals surface area contributed by atoms with E-state index in [0.29, 0.717) is 10.8 Å². The third-order valence-corrected chi connectivity index (χ3v) is 4.39. The summed E-state index contributed by atoms with van der Waals surface area (Å²) in [6.07, 6.45) is 1.60. The van der Waals surface area contributed by atoms with Crippen LogP contribution in [0.15, 0.2) is 6.20 Å². The van der Waals surface area contributed by atoms with E-state index in [2.05, 4.69) is 10.3 Å². The molecule has 1 rings (SSSR count). The predicted molar refractivity (Wildman–Crippen MR) is 74.0 cm³/mol. The van der Waals surface area contributed by atoms with Crippen LogP contribution < -0.4 is 5.32 Å². The summed E-state index contributed by atoms with van der Waals surface area (Å²) in [7, 11) is 0. The molecular weight excluding hydrogens is 248 g/mol. The minimum absolute atomic E-state index is 0.0884. The average Bonchev–Trinajstić information content (AvgIpc) is 2.75. The summed E-state index contributed by atoms with van der Waals surface area (Å²) in [6.45, 7) is 9.92. The zero-order valence-corrected chi connectivity index (χ0v) is 12.5. The first kappa shape index (κ1) is 15.1. The lowest BCUT2D eigenvalue weighted by Crippen LogP contribution is -2.44. The van der Waals surface area contributed by atoms with Gasteiger partial charge in [0.2, 0.25) is 0 Å². The highest BCUT2D eigenvalue weighted by Crippen LogP contribution is 2.21. The number of nitrogens with zero attached hydrogens (tertiary/aromatic N) is 1. The molecule has 0 aliphatic carbocycles. The van der Waals surface area contributed by atoms with Gasteiger partial charge in [-0.3, -0.25) is 4.79 Å². The van der Waals surface area contributed by atoms with Crippen molar-refractivity contribution in [1.82, 2.24) is 10.3 Å². The van der Waals surface area contributed by atoms with E-state index in [1.165, 1.54) is 11.3 Å². The Morgan fingerprint density at radius 3 is 2.56 bits per heavy atom. The molecule has 0 radical (unpaired) electrons. The molecule has 1 unspecified atom stereocenters. The topological polar surface area (TPSA) is 62.2 Å². The molecule has 0 saturated heterocycles. The second-order valence-electron chi connectivity index (χ2n) is 5.41. The predicted octanol–water partition coefficient (Wildman–Crippen LogP) is 2.40. The Balaban J connectivity index is 2.60. The number of hydrogen-bond donors (Lipinski definition) is 2. The van der Waals surface area contributed by atoms with Crippen LogP contribution in [0.1, 0.15) is 55.2 Å². The molecule has 0 aliphatic rings. The largest absolute Gasteiger partial charge is 0.388 e. The van der Waals surface area contributed by atoms with Crippen LogP contribution in [0.25, 0.3) is 0 Å². The lowest BCUT2D eigenvalue weighted by molar-refractivity contribution is 0.0143. The lowest BCUT2D eigenvalue weighted by Gasteiger charge is -2.27. The van der Waals surface area contributed by atoms with Crippen molar-refractivity contribution in [3.05, 3.63) is 16.1 Å². The van der Waals surface area contributed by atoms with Crippen LogP contribution in [-0.2, 0) is 0 Å². The van der Waals surface area contributed by atoms with Crippen molar-refractivity contribution in [2.45, 2.75) is 46.1 Å². The fourth-order valence-electron chi connectivity index (χ4n) is 1.21. The zero-order valence-electron chi connectivity index (χ0n) is 11.7. The second-order valence-corrected chi connectivity index (χ2v) is 6.47. The maximum absolute atomic E-state index is 11.9. The number of hydrogen-bond acceptors (Lipinski definition) is 4. The number of amides is 1. The highest BCUT2D eigenvalue weighted by Gasteiger charge is 2.25. The van der Waals surface area contributed by atoms with Crippen molar-refractivity contribution in [3.8, 4) is 0 Å². The molecule has 5 heteroatoms. The molecule has 0 spiro atoms. The van der Waals surface area contributed by atoms with Crippen LogP contribution in [0.5, 0.6) is 0 Å². The van der Waals surface area contributed by atoms with Gasteiger partial charge in [-0.2, -0.15) is 0 Å². The molecule has 1 atom stereocenters. The SMILES string of the molecule is CC(C)c1ncc(C(=O)NCC(C)(O)C(C)C)s1. The molecule has 0 bridgehead atoms. The molecular formula is C13H22N2O2S. The Kier molecular flexibility index (Phi) is 4.87. The molecule has 0 aliphatic heterocycles. The summed E-state index contributed by atoms with van der Waals surface area (Å²) in [5.74, 6) is 0.251. The van der Waals surface area contributed by atoms with Gasteiger partial charge in [-0.25, -0.2) is 4.98 Å². The van der Waals surface area contributed by atoms with Crippen molar-refractivity contribution < 1.29 is 9.90 Å². The first-order valence-electron chi connectivity index (χ1n) is 6.20. The third kappa shape index (κ3) is 3.78. The van der Waals surface area contributed by atoms with Gasteiger partial charge in [-0.05, 0) is 12.8 Å². The number of carbonyl (C=O) groups is 1. The van der Waals surface area contributed by atoms with E-state index in [4.69, 9.17) is 0 Å². The quantitative estimate of drug-likeness (QED) is 0.863. The van der Waals surface area contributed by atoms with Gasteiger partial charge >= 0.3 is 0 Å². The molecule has 4 nitrogen and oxygen atoms in total. The Bertz CT molecular complexity index is 411. The number of nitrogens with one attached hydrogen (secondary N) is 1. The fraction of sp³-hybridized carbons (Fsp3) is 0.692. The molecule has 0 saturated carbocycles. The fourth-order valence-corrected chi connectivity index (χ4v) is 2.05. The van der Waals surface area contributed by atoms with Crippen LogP contribution in [0.4, 0.5) is 0 Å².